The molecule has 0 spiro atoms. The number of carbonyl (C=O) groups excluding carboxylic acids is 1. The number of allylic oxidation sites excluding steroid dienone is 2. The van der Waals surface area contributed by atoms with E-state index < -0.39 is 23.2 Å². The molecule has 30 heavy (non-hydrogen) atoms. The number of ether oxygens (including phenoxy) is 1. The van der Waals surface area contributed by atoms with E-state index in [1.54, 1.807) is 18.2 Å². The molecule has 1 heterocycles. The Labute approximate surface area is 184 Å². The van der Waals surface area contributed by atoms with Crippen LogP contribution in [0.4, 0.5) is 15.0 Å². The van der Waals surface area contributed by atoms with Crippen LogP contribution >= 0.6 is 23.2 Å². The number of alkyl halides is 3. The normalized spacial score (nSPS) is 21.6. The molecule has 0 fully saturated rings. The Hall–Kier alpha value is -2.41. The minimum Gasteiger partial charge on any atom is -0.374 e. The molecule has 0 aliphatic heterocycles. The summed E-state index contributed by atoms with van der Waals surface area (Å²) in [6.45, 7) is 0.328. The van der Waals surface area contributed by atoms with Crippen LogP contribution in [0.1, 0.15) is 17.3 Å². The Bertz CT molecular complexity index is 922. The van der Waals surface area contributed by atoms with E-state index in [9.17, 15) is 4.79 Å². The third-order valence-corrected chi connectivity index (χ3v) is 5.45. The second kappa shape index (κ2) is 10.1. The lowest BCUT2D eigenvalue weighted by molar-refractivity contribution is 0.0887. The Morgan fingerprint density at radius 1 is 1.30 bits per heavy atom. The molecule has 3 rings (SSSR count). The molecule has 8 heteroatoms. The first-order valence-electron chi connectivity index (χ1n) is 9.37. The number of urea groups is 1. The Morgan fingerprint density at radius 3 is 2.70 bits per heavy atom. The van der Waals surface area contributed by atoms with Crippen LogP contribution in [0.25, 0.3) is 5.57 Å². The number of aromatic nitrogens is 1. The second-order valence-electron chi connectivity index (χ2n) is 6.70. The van der Waals surface area contributed by atoms with Gasteiger partial charge in [0, 0.05) is 31.3 Å². The summed E-state index contributed by atoms with van der Waals surface area (Å²) in [7, 11) is 1.51. The number of anilines is 1. The fourth-order valence-corrected chi connectivity index (χ4v) is 3.82. The Balaban J connectivity index is 1.79. The molecule has 1 aromatic heterocycles. The van der Waals surface area contributed by atoms with Crippen molar-refractivity contribution in [1.82, 2.24) is 10.3 Å². The highest BCUT2D eigenvalue weighted by atomic mass is 35.5. The Kier molecular flexibility index (Phi) is 7.48. The number of benzene rings is 1. The molecule has 1 aliphatic rings. The number of methoxy groups -OCH3 is 1. The predicted molar refractivity (Wildman–Crippen MR) is 119 cm³/mol. The maximum Gasteiger partial charge on any atom is 0.320 e. The van der Waals surface area contributed by atoms with Crippen LogP contribution in [0.3, 0.4) is 0 Å². The van der Waals surface area contributed by atoms with Gasteiger partial charge in [0.15, 0.2) is 6.17 Å². The molecule has 0 saturated carbocycles. The van der Waals surface area contributed by atoms with Crippen molar-refractivity contribution < 1.29 is 13.9 Å². The first kappa shape index (κ1) is 22.3. The monoisotopic (exact) mass is 449 g/mol. The van der Waals surface area contributed by atoms with Gasteiger partial charge in [-0.3, -0.25) is 5.32 Å². The first-order valence-corrected chi connectivity index (χ1v) is 10.3. The number of nitrogens with one attached hydrogen (secondary N) is 2. The van der Waals surface area contributed by atoms with Gasteiger partial charge in [-0.15, -0.1) is 23.2 Å². The zero-order valence-electron chi connectivity index (χ0n) is 16.3. The molecule has 2 amide bonds. The van der Waals surface area contributed by atoms with Crippen LogP contribution in [0.5, 0.6) is 0 Å². The summed E-state index contributed by atoms with van der Waals surface area (Å²) >= 11 is 12.3. The molecule has 158 valence electrons. The van der Waals surface area contributed by atoms with Crippen molar-refractivity contribution in [3.63, 3.8) is 0 Å². The van der Waals surface area contributed by atoms with Crippen LogP contribution in [0, 0.1) is 0 Å². The van der Waals surface area contributed by atoms with Crippen LogP contribution in [0.2, 0.25) is 0 Å². The van der Waals surface area contributed by atoms with Crippen molar-refractivity contribution in [1.29, 1.82) is 0 Å². The lowest BCUT2D eigenvalue weighted by atomic mass is 9.81. The van der Waals surface area contributed by atoms with Crippen LogP contribution in [-0.2, 0) is 4.74 Å². The molecule has 3 unspecified atom stereocenters. The largest absolute Gasteiger partial charge is 0.374 e. The van der Waals surface area contributed by atoms with Crippen molar-refractivity contribution in [2.24, 2.45) is 0 Å². The fraction of sp³-hybridized carbons (Fsp3) is 0.273. The lowest BCUT2D eigenvalue weighted by Crippen LogP contribution is -2.42. The summed E-state index contributed by atoms with van der Waals surface area (Å²) in [6, 6.07) is 12.2. The molecule has 1 aromatic carbocycles. The molecule has 0 bridgehead atoms. The fourth-order valence-electron chi connectivity index (χ4n) is 3.32. The Morgan fingerprint density at radius 2 is 2.07 bits per heavy atom. The minimum absolute atomic E-state index is 0.276. The minimum atomic E-state index is -1.60. The molecule has 0 saturated heterocycles. The van der Waals surface area contributed by atoms with E-state index in [2.05, 4.69) is 15.6 Å². The van der Waals surface area contributed by atoms with E-state index in [4.69, 9.17) is 27.9 Å². The van der Waals surface area contributed by atoms with E-state index in [0.717, 1.165) is 11.1 Å². The number of rotatable bonds is 7. The number of hydrogen-bond acceptors (Lipinski definition) is 3. The molecule has 1 aliphatic carbocycles. The van der Waals surface area contributed by atoms with Gasteiger partial charge in [0.2, 0.25) is 0 Å². The van der Waals surface area contributed by atoms with Crippen molar-refractivity contribution in [2.75, 3.05) is 24.9 Å². The number of halogens is 3. The summed E-state index contributed by atoms with van der Waals surface area (Å²) in [5, 5.41) is 5.12. The third kappa shape index (κ3) is 4.83. The summed E-state index contributed by atoms with van der Waals surface area (Å²) in [4.78, 5) is 14.4. The third-order valence-electron chi connectivity index (χ3n) is 4.74. The summed E-state index contributed by atoms with van der Waals surface area (Å²) in [5.41, 5.74) is 1.98. The van der Waals surface area contributed by atoms with Gasteiger partial charge >= 0.3 is 6.03 Å². The van der Waals surface area contributed by atoms with Crippen LogP contribution in [-0.4, -0.2) is 41.5 Å². The number of amides is 2. The first-order chi connectivity index (χ1) is 14.5. The van der Waals surface area contributed by atoms with Gasteiger partial charge in [0.05, 0.1) is 0 Å². The van der Waals surface area contributed by atoms with Crippen molar-refractivity contribution in [2.45, 2.75) is 17.1 Å². The average molecular weight is 450 g/mol. The number of hydrogen-bond donors (Lipinski definition) is 2. The molecule has 0 radical (unpaired) electrons. The van der Waals surface area contributed by atoms with Crippen molar-refractivity contribution >= 4 is 40.6 Å². The number of pyridine rings is 1. The molecular formula is C22H22Cl2FN3O2. The van der Waals surface area contributed by atoms with E-state index in [1.807, 2.05) is 36.4 Å². The predicted octanol–water partition coefficient (Wildman–Crippen LogP) is 5.10. The second-order valence-corrected chi connectivity index (χ2v) is 7.73. The zero-order chi connectivity index (χ0) is 21.6. The van der Waals surface area contributed by atoms with Crippen LogP contribution in [0.15, 0.2) is 66.9 Å². The van der Waals surface area contributed by atoms with Gasteiger partial charge in [0.1, 0.15) is 16.8 Å². The quantitative estimate of drug-likeness (QED) is 0.577. The van der Waals surface area contributed by atoms with Gasteiger partial charge in [-0.05, 0) is 17.2 Å². The molecule has 2 N–H and O–H groups in total. The maximum absolute atomic E-state index is 15.6. The average Bonchev–Trinajstić information content (AvgIpc) is 2.78. The summed E-state index contributed by atoms with van der Waals surface area (Å²) in [6.07, 6.45) is 4.27. The van der Waals surface area contributed by atoms with Crippen LogP contribution < -0.4 is 10.6 Å². The standard InChI is InChI=1S/C22H22Cl2FN3O2/c1-30-20-17(15-6-3-2-4-7-15)8-5-11-22(20,24)19(25)16-9-10-18(27-14-16)28-21(29)26-13-12-23/h2-11,14,19-20H,12-13H2,1H3,(H2,26,27,28,29). The van der Waals surface area contributed by atoms with Gasteiger partial charge in [-0.2, -0.15) is 0 Å². The van der Waals surface area contributed by atoms with E-state index >= 15 is 4.39 Å². The lowest BCUT2D eigenvalue weighted by Gasteiger charge is -2.38. The molecular weight excluding hydrogens is 428 g/mol. The highest BCUT2D eigenvalue weighted by Gasteiger charge is 2.47. The summed E-state index contributed by atoms with van der Waals surface area (Å²) < 4.78 is 21.3. The summed E-state index contributed by atoms with van der Waals surface area (Å²) in [5.74, 6) is 0.586. The molecule has 3 atom stereocenters. The highest BCUT2D eigenvalue weighted by molar-refractivity contribution is 6.27. The smallest absolute Gasteiger partial charge is 0.320 e. The number of nitrogens with zero attached hydrogens (tertiary/aromatic N) is 1. The number of carbonyl (C=O) groups is 1. The zero-order valence-corrected chi connectivity index (χ0v) is 17.8. The SMILES string of the molecule is COC1C(c2ccccc2)=CC=CC1(Cl)C(F)c1ccc(NC(=O)NCCCl)nc1. The van der Waals surface area contributed by atoms with Gasteiger partial charge < -0.3 is 10.1 Å². The van der Waals surface area contributed by atoms with Gasteiger partial charge in [0.25, 0.3) is 0 Å². The molecule has 2 aromatic rings. The topological polar surface area (TPSA) is 63.2 Å². The van der Waals surface area contributed by atoms with Gasteiger partial charge in [-0.25, -0.2) is 14.2 Å². The van der Waals surface area contributed by atoms with E-state index in [1.165, 1.54) is 19.4 Å². The van der Waals surface area contributed by atoms with Gasteiger partial charge in [-0.1, -0.05) is 54.6 Å². The van der Waals surface area contributed by atoms with E-state index in [-0.39, 0.29) is 11.4 Å². The van der Waals surface area contributed by atoms with E-state index in [0.29, 0.717) is 12.4 Å². The van der Waals surface area contributed by atoms with Crippen molar-refractivity contribution in [3.05, 3.63) is 78.0 Å². The molecule has 5 nitrogen and oxygen atoms in total. The van der Waals surface area contributed by atoms with Crippen molar-refractivity contribution in [3.8, 4) is 0 Å². The maximum atomic E-state index is 15.6. The highest BCUT2D eigenvalue weighted by Crippen LogP contribution is 2.46.